The van der Waals surface area contributed by atoms with Gasteiger partial charge in [0.2, 0.25) is 0 Å². The third-order valence-electron chi connectivity index (χ3n) is 7.11. The molecule has 42 heavy (non-hydrogen) atoms. The van der Waals surface area contributed by atoms with E-state index in [0.717, 1.165) is 30.1 Å². The number of benzene rings is 2. The van der Waals surface area contributed by atoms with Crippen LogP contribution in [0, 0.1) is 5.82 Å². The summed E-state index contributed by atoms with van der Waals surface area (Å²) in [6.07, 6.45) is -0.239. The van der Waals surface area contributed by atoms with E-state index in [0.29, 0.717) is 55.7 Å². The number of carbonyl (C=O) groups excluding carboxylic acids is 2. The van der Waals surface area contributed by atoms with E-state index >= 15 is 4.39 Å². The van der Waals surface area contributed by atoms with Gasteiger partial charge < -0.3 is 28.9 Å². The summed E-state index contributed by atoms with van der Waals surface area (Å²) in [5, 5.41) is 0. The largest absolute Gasteiger partial charge is 0.444 e. The molecular weight excluding hydrogens is 559 g/mol. The zero-order chi connectivity index (χ0) is 30.2. The van der Waals surface area contributed by atoms with Gasteiger partial charge in [0, 0.05) is 60.4 Å². The van der Waals surface area contributed by atoms with Gasteiger partial charge in [-0.2, -0.15) is 0 Å². The van der Waals surface area contributed by atoms with Crippen LogP contribution >= 0.6 is 11.8 Å². The lowest BCUT2D eigenvalue weighted by atomic mass is 10.1. The Kier molecular flexibility index (Phi) is 8.53. The zero-order valence-electron chi connectivity index (χ0n) is 25.4. The fraction of sp³-hybridized carbons (Fsp3) is 0.548. The SMILES string of the molecule is CC(C)(C)OC(=O)N1CCCN(c2cc(F)c3c(c2)Sc2cc(N4CCOCC4)ccc2N3C(=O)OC(C)(C)C)CC1. The van der Waals surface area contributed by atoms with Gasteiger partial charge in [-0.3, -0.25) is 0 Å². The minimum Gasteiger partial charge on any atom is -0.444 e. The summed E-state index contributed by atoms with van der Waals surface area (Å²) in [5.74, 6) is -0.503. The van der Waals surface area contributed by atoms with Gasteiger partial charge >= 0.3 is 12.2 Å². The quantitative estimate of drug-likeness (QED) is 0.380. The molecule has 2 fully saturated rings. The molecule has 0 saturated carbocycles. The minimum absolute atomic E-state index is 0.190. The molecule has 3 aliphatic heterocycles. The van der Waals surface area contributed by atoms with Crippen LogP contribution in [-0.4, -0.2) is 80.8 Å². The number of morpholine rings is 1. The maximum Gasteiger partial charge on any atom is 0.419 e. The molecule has 3 heterocycles. The minimum atomic E-state index is -0.752. The Morgan fingerprint density at radius 3 is 2.12 bits per heavy atom. The second-order valence-electron chi connectivity index (χ2n) is 12.8. The predicted octanol–water partition coefficient (Wildman–Crippen LogP) is 6.65. The predicted molar refractivity (Wildman–Crippen MR) is 163 cm³/mol. The van der Waals surface area contributed by atoms with Crippen molar-refractivity contribution in [1.82, 2.24) is 4.90 Å². The maximum atomic E-state index is 16.1. The Bertz CT molecular complexity index is 1340. The molecular formula is C31H41FN4O5S. The number of rotatable bonds is 2. The van der Waals surface area contributed by atoms with E-state index in [-0.39, 0.29) is 11.8 Å². The lowest BCUT2D eigenvalue weighted by Gasteiger charge is -2.35. The van der Waals surface area contributed by atoms with Gasteiger partial charge in [0.1, 0.15) is 16.9 Å². The van der Waals surface area contributed by atoms with Crippen LogP contribution in [0.3, 0.4) is 0 Å². The lowest BCUT2D eigenvalue weighted by molar-refractivity contribution is 0.0263. The first-order chi connectivity index (χ1) is 19.8. The highest BCUT2D eigenvalue weighted by Gasteiger charge is 2.36. The Hall–Kier alpha value is -3.18. The average molecular weight is 601 g/mol. The molecule has 2 aromatic rings. The number of hydrogen-bond donors (Lipinski definition) is 0. The highest BCUT2D eigenvalue weighted by atomic mass is 32.2. The van der Waals surface area contributed by atoms with Crippen LogP contribution in [0.1, 0.15) is 48.0 Å². The van der Waals surface area contributed by atoms with Gasteiger partial charge in [0.25, 0.3) is 0 Å². The highest BCUT2D eigenvalue weighted by molar-refractivity contribution is 7.99. The van der Waals surface area contributed by atoms with Crippen LogP contribution in [0.2, 0.25) is 0 Å². The number of nitrogens with zero attached hydrogens (tertiary/aromatic N) is 4. The summed E-state index contributed by atoms with van der Waals surface area (Å²) in [6, 6.07) is 9.31. The molecule has 228 valence electrons. The topological polar surface area (TPSA) is 74.8 Å². The van der Waals surface area contributed by atoms with Crippen molar-refractivity contribution in [2.45, 2.75) is 69.0 Å². The third kappa shape index (κ3) is 6.89. The van der Waals surface area contributed by atoms with E-state index in [1.165, 1.54) is 22.7 Å². The van der Waals surface area contributed by atoms with Gasteiger partial charge in [-0.15, -0.1) is 0 Å². The van der Waals surface area contributed by atoms with Gasteiger partial charge in [-0.05, 0) is 78.3 Å². The molecule has 0 unspecified atom stereocenters. The molecule has 2 aromatic carbocycles. The maximum absolute atomic E-state index is 16.1. The van der Waals surface area contributed by atoms with E-state index in [1.807, 2.05) is 39.0 Å². The van der Waals surface area contributed by atoms with Crippen LogP contribution < -0.4 is 14.7 Å². The summed E-state index contributed by atoms with van der Waals surface area (Å²) in [5.41, 5.74) is 1.20. The van der Waals surface area contributed by atoms with Crippen molar-refractivity contribution in [2.75, 3.05) is 67.2 Å². The Labute approximate surface area is 251 Å². The zero-order valence-corrected chi connectivity index (χ0v) is 26.2. The molecule has 0 spiro atoms. The number of hydrogen-bond acceptors (Lipinski definition) is 8. The molecule has 0 N–H and O–H groups in total. The standard InChI is InChI=1S/C31H41FN4O5S/c1-30(2,3)40-28(37)35-11-7-10-33(12-13-35)22-18-23(32)27-26(20-22)42-25-19-21(34-14-16-39-17-15-34)8-9-24(25)36(27)29(38)41-31(4,5)6/h8-9,18-20H,7,10-17H2,1-6H3. The Balaban J connectivity index is 1.46. The van der Waals surface area contributed by atoms with Crippen molar-refractivity contribution in [3.05, 3.63) is 36.1 Å². The number of carbonyl (C=O) groups is 2. The second kappa shape index (κ2) is 11.8. The normalized spacial score (nSPS) is 17.8. The van der Waals surface area contributed by atoms with Crippen molar-refractivity contribution in [1.29, 1.82) is 0 Å². The van der Waals surface area contributed by atoms with Crippen LogP contribution in [0.15, 0.2) is 40.1 Å². The molecule has 0 aliphatic carbocycles. The van der Waals surface area contributed by atoms with Gasteiger partial charge in [-0.25, -0.2) is 18.9 Å². The monoisotopic (exact) mass is 600 g/mol. The summed E-state index contributed by atoms with van der Waals surface area (Å²) < 4.78 is 32.9. The van der Waals surface area contributed by atoms with Crippen molar-refractivity contribution in [2.24, 2.45) is 0 Å². The Morgan fingerprint density at radius 2 is 1.43 bits per heavy atom. The first-order valence-electron chi connectivity index (χ1n) is 14.5. The van der Waals surface area contributed by atoms with Gasteiger partial charge in [-0.1, -0.05) is 11.8 Å². The van der Waals surface area contributed by atoms with Crippen molar-refractivity contribution in [3.8, 4) is 0 Å². The Morgan fingerprint density at radius 1 is 0.786 bits per heavy atom. The molecule has 0 radical (unpaired) electrons. The van der Waals surface area contributed by atoms with E-state index in [2.05, 4.69) is 15.9 Å². The van der Waals surface area contributed by atoms with Crippen LogP contribution in [0.4, 0.5) is 36.7 Å². The van der Waals surface area contributed by atoms with Gasteiger partial charge in [0.05, 0.1) is 18.9 Å². The van der Waals surface area contributed by atoms with E-state index in [4.69, 9.17) is 14.2 Å². The smallest absolute Gasteiger partial charge is 0.419 e. The molecule has 2 saturated heterocycles. The van der Waals surface area contributed by atoms with Gasteiger partial charge in [0.15, 0.2) is 5.82 Å². The van der Waals surface area contributed by atoms with Crippen molar-refractivity contribution >= 4 is 46.7 Å². The van der Waals surface area contributed by atoms with Crippen molar-refractivity contribution in [3.63, 3.8) is 0 Å². The molecule has 2 amide bonds. The third-order valence-corrected chi connectivity index (χ3v) is 8.18. The lowest BCUT2D eigenvalue weighted by Crippen LogP contribution is -2.39. The first-order valence-corrected chi connectivity index (χ1v) is 15.3. The second-order valence-corrected chi connectivity index (χ2v) is 13.8. The summed E-state index contributed by atoms with van der Waals surface area (Å²) in [4.78, 5) is 35.1. The fourth-order valence-electron chi connectivity index (χ4n) is 5.25. The number of halogens is 1. The molecule has 11 heteroatoms. The average Bonchev–Trinajstić information content (AvgIpc) is 3.17. The highest BCUT2D eigenvalue weighted by Crippen LogP contribution is 2.52. The summed E-state index contributed by atoms with van der Waals surface area (Å²) >= 11 is 1.45. The van der Waals surface area contributed by atoms with E-state index < -0.39 is 23.1 Å². The first kappa shape index (κ1) is 30.3. The van der Waals surface area contributed by atoms with Crippen LogP contribution in [0.25, 0.3) is 0 Å². The molecule has 9 nitrogen and oxygen atoms in total. The number of ether oxygens (including phenoxy) is 3. The van der Waals surface area contributed by atoms with Crippen molar-refractivity contribution < 1.29 is 28.2 Å². The molecule has 0 bridgehead atoms. The van der Waals surface area contributed by atoms with Crippen LogP contribution in [0.5, 0.6) is 0 Å². The van der Waals surface area contributed by atoms with E-state index in [9.17, 15) is 9.59 Å². The number of amides is 2. The molecule has 3 aliphatic rings. The molecule has 5 rings (SSSR count). The molecule has 0 atom stereocenters. The molecule has 0 aromatic heterocycles. The summed E-state index contributed by atoms with van der Waals surface area (Å²) in [6.45, 7) is 16.1. The number of fused-ring (bicyclic) bond motifs is 2. The van der Waals surface area contributed by atoms with Crippen LogP contribution in [-0.2, 0) is 14.2 Å². The fourth-order valence-corrected chi connectivity index (χ4v) is 6.39. The van der Waals surface area contributed by atoms with E-state index in [1.54, 1.807) is 25.7 Å². The number of anilines is 4. The summed E-state index contributed by atoms with van der Waals surface area (Å²) in [7, 11) is 0.